The zero-order chi connectivity index (χ0) is 11.6. The van der Waals surface area contributed by atoms with Crippen LogP contribution in [0.3, 0.4) is 0 Å². The third-order valence-corrected chi connectivity index (χ3v) is 2.76. The number of hydrogen-bond donors (Lipinski definition) is 1. The van der Waals surface area contributed by atoms with Crippen LogP contribution in [0.4, 0.5) is 0 Å². The Morgan fingerprint density at radius 2 is 2.12 bits per heavy atom. The van der Waals surface area contributed by atoms with Crippen molar-refractivity contribution in [3.63, 3.8) is 0 Å². The molecule has 0 radical (unpaired) electrons. The summed E-state index contributed by atoms with van der Waals surface area (Å²) in [5, 5.41) is 2.53. The van der Waals surface area contributed by atoms with Gasteiger partial charge in [-0.05, 0) is 12.5 Å². The highest BCUT2D eigenvalue weighted by Gasteiger charge is 2.52. The molecule has 1 saturated heterocycles. The monoisotopic (exact) mass is 219 g/mol. The predicted molar refractivity (Wildman–Crippen MR) is 57.7 cm³/mol. The summed E-state index contributed by atoms with van der Waals surface area (Å²) in [5.74, 6) is -0.580. The number of hydrogen-bond acceptors (Lipinski definition) is 3. The lowest BCUT2D eigenvalue weighted by Crippen LogP contribution is -2.69. The molecule has 1 fully saturated rings. The van der Waals surface area contributed by atoms with Crippen LogP contribution in [-0.4, -0.2) is 23.8 Å². The Balaban J connectivity index is 2.04. The Kier molecular flexibility index (Phi) is 2.75. The Bertz CT molecular complexity index is 406. The second kappa shape index (κ2) is 4.06. The van der Waals surface area contributed by atoms with Gasteiger partial charge < -0.3 is 10.1 Å². The van der Waals surface area contributed by atoms with E-state index in [9.17, 15) is 9.59 Å². The number of benzene rings is 1. The van der Waals surface area contributed by atoms with Crippen molar-refractivity contribution < 1.29 is 14.3 Å². The van der Waals surface area contributed by atoms with Crippen LogP contribution in [0.15, 0.2) is 30.3 Å². The van der Waals surface area contributed by atoms with E-state index < -0.39 is 5.60 Å². The molecule has 0 saturated carbocycles. The lowest BCUT2D eigenvalue weighted by atomic mass is 9.91. The van der Waals surface area contributed by atoms with Crippen LogP contribution >= 0.6 is 0 Å². The van der Waals surface area contributed by atoms with Gasteiger partial charge in [0.2, 0.25) is 5.60 Å². The van der Waals surface area contributed by atoms with Gasteiger partial charge >= 0.3 is 0 Å². The SMILES string of the molecule is CC(=O)C1(OCc2ccccc2)CNC1=O. The average molecular weight is 219 g/mol. The molecule has 4 heteroatoms. The van der Waals surface area contributed by atoms with Gasteiger partial charge in [-0.1, -0.05) is 30.3 Å². The normalized spacial score (nSPS) is 23.4. The second-order valence-corrected chi connectivity index (χ2v) is 3.84. The van der Waals surface area contributed by atoms with Crippen LogP contribution in [0.25, 0.3) is 0 Å². The Morgan fingerprint density at radius 1 is 1.44 bits per heavy atom. The van der Waals surface area contributed by atoms with Crippen molar-refractivity contribution in [3.8, 4) is 0 Å². The molecule has 2 rings (SSSR count). The molecule has 4 nitrogen and oxygen atoms in total. The first kappa shape index (κ1) is 10.8. The Labute approximate surface area is 93.6 Å². The van der Waals surface area contributed by atoms with Crippen LogP contribution in [0.1, 0.15) is 12.5 Å². The number of carbonyl (C=O) groups excluding carboxylic acids is 2. The fraction of sp³-hybridized carbons (Fsp3) is 0.333. The van der Waals surface area contributed by atoms with Gasteiger partial charge in [-0.2, -0.15) is 0 Å². The number of ether oxygens (including phenoxy) is 1. The van der Waals surface area contributed by atoms with E-state index in [1.807, 2.05) is 30.3 Å². The van der Waals surface area contributed by atoms with Crippen molar-refractivity contribution >= 4 is 11.7 Å². The predicted octanol–water partition coefficient (Wildman–Crippen LogP) is 0.661. The Hall–Kier alpha value is -1.68. The molecule has 0 aromatic heterocycles. The number of carbonyl (C=O) groups is 2. The summed E-state index contributed by atoms with van der Waals surface area (Å²) in [4.78, 5) is 22.8. The van der Waals surface area contributed by atoms with Gasteiger partial charge in [0.15, 0.2) is 5.78 Å². The number of rotatable bonds is 4. The molecular weight excluding hydrogens is 206 g/mol. The molecule has 1 aromatic rings. The van der Waals surface area contributed by atoms with E-state index in [1.54, 1.807) is 0 Å². The summed E-state index contributed by atoms with van der Waals surface area (Å²) in [5.41, 5.74) is -0.307. The molecule has 1 amide bonds. The standard InChI is InChI=1S/C12H13NO3/c1-9(14)12(8-13-11(12)15)16-7-10-5-3-2-4-6-10/h2-6H,7-8H2,1H3,(H,13,15). The van der Waals surface area contributed by atoms with Crippen molar-refractivity contribution in [2.24, 2.45) is 0 Å². The van der Waals surface area contributed by atoms with Crippen molar-refractivity contribution in [2.45, 2.75) is 19.1 Å². The number of β-lactam (4-membered cyclic amide) rings is 1. The van der Waals surface area contributed by atoms with E-state index in [4.69, 9.17) is 4.74 Å². The molecule has 16 heavy (non-hydrogen) atoms. The second-order valence-electron chi connectivity index (χ2n) is 3.84. The van der Waals surface area contributed by atoms with E-state index >= 15 is 0 Å². The molecule has 0 bridgehead atoms. The highest BCUT2D eigenvalue weighted by molar-refractivity contribution is 6.13. The molecule has 84 valence electrons. The molecule has 1 aromatic carbocycles. The number of nitrogens with one attached hydrogen (secondary N) is 1. The molecular formula is C12H13NO3. The summed E-state index contributed by atoms with van der Waals surface area (Å²) in [6.45, 7) is 1.92. The van der Waals surface area contributed by atoms with Crippen LogP contribution in [0.2, 0.25) is 0 Å². The van der Waals surface area contributed by atoms with Crippen LogP contribution < -0.4 is 5.32 Å². The molecule has 1 atom stereocenters. The van der Waals surface area contributed by atoms with Crippen molar-refractivity contribution in [3.05, 3.63) is 35.9 Å². The molecule has 0 spiro atoms. The first-order chi connectivity index (χ1) is 7.65. The number of amides is 1. The van der Waals surface area contributed by atoms with Gasteiger partial charge in [-0.15, -0.1) is 0 Å². The van der Waals surface area contributed by atoms with E-state index in [0.29, 0.717) is 0 Å². The topological polar surface area (TPSA) is 55.4 Å². The van der Waals surface area contributed by atoms with Gasteiger partial charge in [-0.3, -0.25) is 9.59 Å². The summed E-state index contributed by atoms with van der Waals surface area (Å²) < 4.78 is 5.46. The maximum Gasteiger partial charge on any atom is 0.262 e. The summed E-state index contributed by atoms with van der Waals surface area (Å²) in [6, 6.07) is 9.47. The molecule has 1 N–H and O–H groups in total. The van der Waals surface area contributed by atoms with Crippen molar-refractivity contribution in [2.75, 3.05) is 6.54 Å². The highest BCUT2D eigenvalue weighted by Crippen LogP contribution is 2.21. The summed E-state index contributed by atoms with van der Waals surface area (Å²) >= 11 is 0. The minimum absolute atomic E-state index is 0.243. The zero-order valence-electron chi connectivity index (χ0n) is 9.03. The summed E-state index contributed by atoms with van der Waals surface area (Å²) in [7, 11) is 0. The maximum absolute atomic E-state index is 11.4. The fourth-order valence-corrected chi connectivity index (χ4v) is 1.60. The first-order valence-corrected chi connectivity index (χ1v) is 5.12. The van der Waals surface area contributed by atoms with Crippen LogP contribution in [0.5, 0.6) is 0 Å². The minimum atomic E-state index is -1.25. The van der Waals surface area contributed by atoms with Crippen molar-refractivity contribution in [1.82, 2.24) is 5.32 Å². The summed E-state index contributed by atoms with van der Waals surface area (Å²) in [6.07, 6.45) is 0. The quantitative estimate of drug-likeness (QED) is 0.598. The van der Waals surface area contributed by atoms with Crippen LogP contribution in [-0.2, 0) is 20.9 Å². The fourth-order valence-electron chi connectivity index (χ4n) is 1.60. The van der Waals surface area contributed by atoms with Gasteiger partial charge in [0, 0.05) is 0 Å². The zero-order valence-corrected chi connectivity index (χ0v) is 9.03. The maximum atomic E-state index is 11.4. The van der Waals surface area contributed by atoms with E-state index in [0.717, 1.165) is 5.56 Å². The van der Waals surface area contributed by atoms with Gasteiger partial charge in [0.25, 0.3) is 5.91 Å². The van der Waals surface area contributed by atoms with E-state index in [-0.39, 0.29) is 24.8 Å². The molecule has 1 aliphatic rings. The van der Waals surface area contributed by atoms with Crippen LogP contribution in [0, 0.1) is 0 Å². The highest BCUT2D eigenvalue weighted by atomic mass is 16.5. The largest absolute Gasteiger partial charge is 0.351 e. The van der Waals surface area contributed by atoms with E-state index in [2.05, 4.69) is 5.32 Å². The first-order valence-electron chi connectivity index (χ1n) is 5.12. The average Bonchev–Trinajstić information content (AvgIpc) is 2.28. The minimum Gasteiger partial charge on any atom is -0.351 e. The smallest absolute Gasteiger partial charge is 0.262 e. The third kappa shape index (κ3) is 1.72. The number of Topliss-reactive ketones (excluding diaryl/α,β-unsaturated/α-hetero) is 1. The lowest BCUT2D eigenvalue weighted by molar-refractivity contribution is -0.171. The van der Waals surface area contributed by atoms with Gasteiger partial charge in [0.1, 0.15) is 0 Å². The van der Waals surface area contributed by atoms with Crippen molar-refractivity contribution in [1.29, 1.82) is 0 Å². The lowest BCUT2D eigenvalue weighted by Gasteiger charge is -2.38. The molecule has 1 heterocycles. The van der Waals surface area contributed by atoms with Gasteiger partial charge in [0.05, 0.1) is 13.2 Å². The third-order valence-electron chi connectivity index (χ3n) is 2.76. The molecule has 0 aliphatic carbocycles. The van der Waals surface area contributed by atoms with Gasteiger partial charge in [-0.25, -0.2) is 0 Å². The molecule has 1 unspecified atom stereocenters. The Morgan fingerprint density at radius 3 is 2.56 bits per heavy atom. The number of ketones is 1. The molecule has 1 aliphatic heterocycles. The van der Waals surface area contributed by atoms with E-state index in [1.165, 1.54) is 6.92 Å².